The van der Waals surface area contributed by atoms with Gasteiger partial charge in [0, 0.05) is 42.0 Å². The monoisotopic (exact) mass is 400 g/mol. The van der Waals surface area contributed by atoms with Gasteiger partial charge in [-0.15, -0.1) is 0 Å². The number of nitrogens with zero attached hydrogens (tertiary/aromatic N) is 1. The lowest BCUT2D eigenvalue weighted by atomic mass is 10.0. The van der Waals surface area contributed by atoms with Gasteiger partial charge in [0.15, 0.2) is 0 Å². The quantitative estimate of drug-likeness (QED) is 0.446. The van der Waals surface area contributed by atoms with Gasteiger partial charge in [-0.2, -0.15) is 0 Å². The number of carboxylic acids is 1. The molecule has 6 heteroatoms. The molecule has 0 bridgehead atoms. The van der Waals surface area contributed by atoms with Crippen LogP contribution in [0.3, 0.4) is 0 Å². The zero-order chi connectivity index (χ0) is 19.9. The van der Waals surface area contributed by atoms with Crippen LogP contribution in [0.25, 0.3) is 0 Å². The molecule has 1 aliphatic carbocycles. The summed E-state index contributed by atoms with van der Waals surface area (Å²) < 4.78 is 0. The van der Waals surface area contributed by atoms with E-state index in [1.54, 1.807) is 12.2 Å². The molecule has 1 aromatic carbocycles. The highest BCUT2D eigenvalue weighted by molar-refractivity contribution is 6.30. The highest BCUT2D eigenvalue weighted by Gasteiger charge is 2.23. The van der Waals surface area contributed by atoms with E-state index in [0.29, 0.717) is 23.7 Å². The van der Waals surface area contributed by atoms with E-state index in [2.05, 4.69) is 22.4 Å². The first kappa shape index (κ1) is 20.2. The van der Waals surface area contributed by atoms with E-state index in [0.717, 1.165) is 55.4 Å². The Morgan fingerprint density at radius 2 is 2.14 bits per heavy atom. The van der Waals surface area contributed by atoms with Crippen molar-refractivity contribution in [1.29, 1.82) is 0 Å². The Bertz CT molecular complexity index is 855. The summed E-state index contributed by atoms with van der Waals surface area (Å²) in [5, 5.41) is 22.4. The van der Waals surface area contributed by atoms with Gasteiger partial charge in [-0.05, 0) is 61.2 Å². The average molecular weight is 401 g/mol. The van der Waals surface area contributed by atoms with Crippen molar-refractivity contribution in [3.8, 4) is 0 Å². The Labute approximate surface area is 170 Å². The summed E-state index contributed by atoms with van der Waals surface area (Å²) in [5.74, 6) is -0.539. The van der Waals surface area contributed by atoms with E-state index in [1.807, 2.05) is 18.2 Å². The fourth-order valence-electron chi connectivity index (χ4n) is 3.50. The minimum Gasteiger partial charge on any atom is -0.512 e. The number of fused-ring (bicyclic) bond motifs is 2. The van der Waals surface area contributed by atoms with Crippen molar-refractivity contribution in [3.63, 3.8) is 0 Å². The molecule has 0 fully saturated rings. The molecular formula is C22H25ClN2O3. The second kappa shape index (κ2) is 9.62. The van der Waals surface area contributed by atoms with E-state index in [4.69, 9.17) is 16.7 Å². The smallest absolute Gasteiger partial charge is 0.328 e. The van der Waals surface area contributed by atoms with Crippen LogP contribution in [0.1, 0.15) is 24.8 Å². The first-order valence-corrected chi connectivity index (χ1v) is 9.88. The minimum atomic E-state index is -0.926. The van der Waals surface area contributed by atoms with Gasteiger partial charge in [-0.3, -0.25) is 0 Å². The number of aliphatic hydroxyl groups excluding tert-OH is 1. The fraction of sp³-hybridized carbons (Fsp3) is 0.318. The van der Waals surface area contributed by atoms with Crippen LogP contribution in [0.15, 0.2) is 65.6 Å². The molecule has 0 atom stereocenters. The number of allylic oxidation sites excluding steroid dienone is 5. The van der Waals surface area contributed by atoms with Crippen molar-refractivity contribution in [1.82, 2.24) is 5.32 Å². The Hall–Kier alpha value is -2.50. The standard InChI is InChI=1S/C22H25ClN2O3/c23-18-8-7-16-5-6-17-14-19(26)9-10-20(17)25(21(16)15-18)13-2-1-11-24-12-3-4-22(27)28/h3-4,6-10,15,24,26H,1-2,5,11-14H2,(H,27,28)/b4-3+. The van der Waals surface area contributed by atoms with E-state index < -0.39 is 5.97 Å². The summed E-state index contributed by atoms with van der Waals surface area (Å²) in [6, 6.07) is 6.01. The Kier molecular flexibility index (Phi) is 6.95. The summed E-state index contributed by atoms with van der Waals surface area (Å²) in [7, 11) is 0. The van der Waals surface area contributed by atoms with Crippen molar-refractivity contribution >= 4 is 23.3 Å². The van der Waals surface area contributed by atoms with Crippen molar-refractivity contribution < 1.29 is 15.0 Å². The van der Waals surface area contributed by atoms with Gasteiger partial charge >= 0.3 is 5.97 Å². The number of halogens is 1. The summed E-state index contributed by atoms with van der Waals surface area (Å²) in [6.45, 7) is 2.22. The summed E-state index contributed by atoms with van der Waals surface area (Å²) >= 11 is 6.27. The number of carboxylic acid groups (broad SMARTS) is 1. The molecule has 28 heavy (non-hydrogen) atoms. The predicted molar refractivity (Wildman–Crippen MR) is 113 cm³/mol. The van der Waals surface area contributed by atoms with Gasteiger partial charge in [0.25, 0.3) is 0 Å². The highest BCUT2D eigenvalue weighted by atomic mass is 35.5. The minimum absolute atomic E-state index is 0.387. The van der Waals surface area contributed by atoms with Crippen LogP contribution in [-0.2, 0) is 11.2 Å². The van der Waals surface area contributed by atoms with Gasteiger partial charge in [-0.25, -0.2) is 4.79 Å². The molecule has 0 aromatic heterocycles. The van der Waals surface area contributed by atoms with Crippen LogP contribution >= 0.6 is 11.6 Å². The normalized spacial score (nSPS) is 16.0. The number of unbranched alkanes of at least 4 members (excludes halogenated alkanes) is 1. The molecule has 1 aromatic rings. The van der Waals surface area contributed by atoms with Crippen molar-refractivity contribution in [3.05, 3.63) is 76.2 Å². The molecule has 2 aliphatic rings. The molecule has 0 saturated carbocycles. The van der Waals surface area contributed by atoms with Crippen LogP contribution < -0.4 is 10.2 Å². The molecule has 148 valence electrons. The van der Waals surface area contributed by atoms with Gasteiger partial charge in [0.1, 0.15) is 0 Å². The number of aliphatic carboxylic acids is 1. The fourth-order valence-corrected chi connectivity index (χ4v) is 3.66. The van der Waals surface area contributed by atoms with E-state index >= 15 is 0 Å². The van der Waals surface area contributed by atoms with Crippen molar-refractivity contribution in [2.45, 2.75) is 25.7 Å². The van der Waals surface area contributed by atoms with Crippen LogP contribution in [-0.4, -0.2) is 35.8 Å². The molecule has 5 nitrogen and oxygen atoms in total. The van der Waals surface area contributed by atoms with Crippen molar-refractivity contribution in [2.75, 3.05) is 24.5 Å². The number of nitrogens with one attached hydrogen (secondary N) is 1. The number of rotatable bonds is 8. The zero-order valence-corrected chi connectivity index (χ0v) is 16.5. The maximum Gasteiger partial charge on any atom is 0.328 e. The molecule has 3 N–H and O–H groups in total. The molecule has 0 amide bonds. The third-order valence-electron chi connectivity index (χ3n) is 4.84. The summed E-state index contributed by atoms with van der Waals surface area (Å²) in [5.41, 5.74) is 4.61. The predicted octanol–water partition coefficient (Wildman–Crippen LogP) is 4.37. The molecule has 1 heterocycles. The average Bonchev–Trinajstić information content (AvgIpc) is 2.80. The van der Waals surface area contributed by atoms with E-state index in [9.17, 15) is 9.90 Å². The third kappa shape index (κ3) is 5.27. The lowest BCUT2D eigenvalue weighted by molar-refractivity contribution is -0.131. The van der Waals surface area contributed by atoms with Crippen LogP contribution in [0, 0.1) is 0 Å². The van der Waals surface area contributed by atoms with Crippen LogP contribution in [0.5, 0.6) is 0 Å². The van der Waals surface area contributed by atoms with Gasteiger partial charge in [0.05, 0.1) is 5.76 Å². The lowest BCUT2D eigenvalue weighted by Crippen LogP contribution is -2.27. The van der Waals surface area contributed by atoms with E-state index in [1.165, 1.54) is 5.56 Å². The Balaban J connectivity index is 1.66. The van der Waals surface area contributed by atoms with Crippen LogP contribution in [0.4, 0.5) is 5.69 Å². The first-order chi connectivity index (χ1) is 13.5. The van der Waals surface area contributed by atoms with Gasteiger partial charge in [-0.1, -0.05) is 29.8 Å². The van der Waals surface area contributed by atoms with Crippen molar-refractivity contribution in [2.24, 2.45) is 0 Å². The maximum absolute atomic E-state index is 10.4. The summed E-state index contributed by atoms with van der Waals surface area (Å²) in [6.07, 6.45) is 12.0. The maximum atomic E-state index is 10.4. The number of benzene rings is 1. The molecule has 0 unspecified atom stereocenters. The Morgan fingerprint density at radius 1 is 1.29 bits per heavy atom. The molecule has 0 saturated heterocycles. The Morgan fingerprint density at radius 3 is 2.96 bits per heavy atom. The zero-order valence-electron chi connectivity index (χ0n) is 15.7. The molecule has 3 rings (SSSR count). The second-order valence-electron chi connectivity index (χ2n) is 6.90. The molecular weight excluding hydrogens is 376 g/mol. The molecule has 1 aliphatic heterocycles. The number of hydrogen-bond acceptors (Lipinski definition) is 4. The summed E-state index contributed by atoms with van der Waals surface area (Å²) in [4.78, 5) is 12.7. The molecule has 0 radical (unpaired) electrons. The number of carbonyl (C=O) groups is 1. The van der Waals surface area contributed by atoms with Gasteiger partial charge in [0.2, 0.25) is 0 Å². The third-order valence-corrected chi connectivity index (χ3v) is 5.07. The van der Waals surface area contributed by atoms with Crippen LogP contribution in [0.2, 0.25) is 5.02 Å². The lowest BCUT2D eigenvalue weighted by Gasteiger charge is -2.30. The highest BCUT2D eigenvalue weighted by Crippen LogP contribution is 2.37. The number of aliphatic hydroxyl groups is 1. The largest absolute Gasteiger partial charge is 0.512 e. The first-order valence-electron chi connectivity index (χ1n) is 9.50. The molecule has 0 spiro atoms. The SMILES string of the molecule is O=C(O)/C=C/CNCCCCN1C2=CC=C(O)CC2=CCc2ccc(Cl)cc21. The topological polar surface area (TPSA) is 72.8 Å². The second-order valence-corrected chi connectivity index (χ2v) is 7.33. The number of anilines is 1. The van der Waals surface area contributed by atoms with E-state index in [-0.39, 0.29) is 0 Å². The van der Waals surface area contributed by atoms with Gasteiger partial charge < -0.3 is 20.4 Å². The number of hydrogen-bond donors (Lipinski definition) is 3.